The van der Waals surface area contributed by atoms with Gasteiger partial charge in [0, 0.05) is 22.2 Å². The Hall–Kier alpha value is -3.98. The molecular formula is C27H26BrN3O5. The molecule has 186 valence electrons. The number of rotatable bonds is 10. The second-order valence-corrected chi connectivity index (χ2v) is 8.92. The van der Waals surface area contributed by atoms with E-state index in [0.717, 1.165) is 17.3 Å². The molecule has 3 rings (SSSR count). The number of carbonyl (C=O) groups is 2. The van der Waals surface area contributed by atoms with Gasteiger partial charge in [0.25, 0.3) is 17.5 Å². The highest BCUT2D eigenvalue weighted by atomic mass is 79.9. The van der Waals surface area contributed by atoms with E-state index in [9.17, 15) is 19.7 Å². The average molecular weight is 552 g/mol. The minimum absolute atomic E-state index is 0.0171. The van der Waals surface area contributed by atoms with Crippen LogP contribution in [0.1, 0.15) is 41.3 Å². The predicted octanol–water partition coefficient (Wildman–Crippen LogP) is 6.25. The first kappa shape index (κ1) is 26.6. The maximum absolute atomic E-state index is 13.2. The zero-order valence-corrected chi connectivity index (χ0v) is 21.5. The first-order chi connectivity index (χ1) is 17.3. The minimum Gasteiger partial charge on any atom is -0.494 e. The van der Waals surface area contributed by atoms with Gasteiger partial charge in [-0.25, -0.2) is 0 Å². The third-order valence-electron chi connectivity index (χ3n) is 5.24. The number of nitrogens with one attached hydrogen (secondary N) is 2. The molecule has 0 aliphatic carbocycles. The molecule has 0 aliphatic heterocycles. The molecule has 0 fully saturated rings. The molecule has 2 N–H and O–H groups in total. The molecule has 9 heteroatoms. The van der Waals surface area contributed by atoms with Gasteiger partial charge < -0.3 is 15.4 Å². The molecule has 36 heavy (non-hydrogen) atoms. The van der Waals surface area contributed by atoms with E-state index < -0.39 is 16.7 Å². The van der Waals surface area contributed by atoms with Gasteiger partial charge in [0.05, 0.1) is 17.2 Å². The van der Waals surface area contributed by atoms with Crippen molar-refractivity contribution in [3.63, 3.8) is 0 Å². The van der Waals surface area contributed by atoms with Crippen molar-refractivity contribution in [3.05, 3.63) is 104 Å². The third-order valence-corrected chi connectivity index (χ3v) is 5.77. The Morgan fingerprint density at radius 2 is 1.75 bits per heavy atom. The number of nitro groups is 1. The second-order valence-electron chi connectivity index (χ2n) is 8.00. The van der Waals surface area contributed by atoms with Crippen molar-refractivity contribution < 1.29 is 19.2 Å². The zero-order chi connectivity index (χ0) is 26.1. The normalized spacial score (nSPS) is 11.0. The zero-order valence-electron chi connectivity index (χ0n) is 19.9. The molecule has 3 aromatic rings. The van der Waals surface area contributed by atoms with Gasteiger partial charge >= 0.3 is 0 Å². The van der Waals surface area contributed by atoms with Gasteiger partial charge in [-0.3, -0.25) is 19.7 Å². The molecule has 0 aromatic heterocycles. The van der Waals surface area contributed by atoms with E-state index in [4.69, 9.17) is 4.74 Å². The summed E-state index contributed by atoms with van der Waals surface area (Å²) in [6.07, 6.45) is 3.49. The van der Waals surface area contributed by atoms with Gasteiger partial charge in [0.2, 0.25) is 0 Å². The largest absolute Gasteiger partial charge is 0.494 e. The van der Waals surface area contributed by atoms with Crippen LogP contribution in [0.3, 0.4) is 0 Å². The lowest BCUT2D eigenvalue weighted by molar-refractivity contribution is -0.384. The van der Waals surface area contributed by atoms with E-state index in [1.807, 2.05) is 12.1 Å². The fraction of sp³-hybridized carbons (Fsp3) is 0.185. The Kier molecular flexibility index (Phi) is 9.35. The lowest BCUT2D eigenvalue weighted by Gasteiger charge is -2.13. The topological polar surface area (TPSA) is 111 Å². The summed E-state index contributed by atoms with van der Waals surface area (Å²) in [5.41, 5.74) is 1.77. The van der Waals surface area contributed by atoms with E-state index in [-0.39, 0.29) is 17.1 Å². The molecule has 2 amide bonds. The van der Waals surface area contributed by atoms with Crippen LogP contribution in [0, 0.1) is 17.0 Å². The molecule has 0 heterocycles. The minimum atomic E-state index is -0.616. The van der Waals surface area contributed by atoms with Crippen molar-refractivity contribution in [2.75, 3.05) is 11.9 Å². The van der Waals surface area contributed by atoms with E-state index >= 15 is 0 Å². The van der Waals surface area contributed by atoms with Crippen molar-refractivity contribution in [2.45, 2.75) is 26.7 Å². The summed E-state index contributed by atoms with van der Waals surface area (Å²) in [5, 5.41) is 16.5. The van der Waals surface area contributed by atoms with Gasteiger partial charge in [0.15, 0.2) is 0 Å². The first-order valence-electron chi connectivity index (χ1n) is 11.3. The first-order valence-corrected chi connectivity index (χ1v) is 12.1. The lowest BCUT2D eigenvalue weighted by atomic mass is 10.1. The van der Waals surface area contributed by atoms with E-state index in [1.165, 1.54) is 18.2 Å². The Bertz CT molecular complexity index is 1270. The standard InChI is InChI=1S/C27H26BrN3O5/c1-3-4-15-36-23-13-8-20(9-14-23)26(32)30-25(16-19-6-10-21(28)11-7-19)27(33)29-24-17-22(31(34)35)12-5-18(24)2/h5-14,16-17H,3-4,15H2,1-2H3,(H,29,33)(H,30,32)/b25-16-. The van der Waals surface area contributed by atoms with Crippen LogP contribution in [0.4, 0.5) is 11.4 Å². The molecule has 0 radical (unpaired) electrons. The van der Waals surface area contributed by atoms with Crippen molar-refractivity contribution in [3.8, 4) is 5.75 Å². The number of non-ortho nitro benzene ring substituents is 1. The molecule has 0 saturated heterocycles. The number of nitrogens with zero attached hydrogens (tertiary/aromatic N) is 1. The van der Waals surface area contributed by atoms with Crippen molar-refractivity contribution in [2.24, 2.45) is 0 Å². The summed E-state index contributed by atoms with van der Waals surface area (Å²) >= 11 is 3.37. The highest BCUT2D eigenvalue weighted by molar-refractivity contribution is 9.10. The molecule has 8 nitrogen and oxygen atoms in total. The number of amides is 2. The van der Waals surface area contributed by atoms with Crippen LogP contribution in [0.25, 0.3) is 6.08 Å². The average Bonchev–Trinajstić information content (AvgIpc) is 2.86. The molecule has 0 saturated carbocycles. The van der Waals surface area contributed by atoms with E-state index in [0.29, 0.717) is 29.0 Å². The van der Waals surface area contributed by atoms with Crippen molar-refractivity contribution in [1.29, 1.82) is 0 Å². The monoisotopic (exact) mass is 551 g/mol. The summed E-state index contributed by atoms with van der Waals surface area (Å²) in [7, 11) is 0. The van der Waals surface area contributed by atoms with Gasteiger partial charge in [0.1, 0.15) is 11.4 Å². The van der Waals surface area contributed by atoms with Crippen LogP contribution >= 0.6 is 15.9 Å². The summed E-state index contributed by atoms with van der Waals surface area (Å²) in [6, 6.07) is 18.0. The van der Waals surface area contributed by atoms with Gasteiger partial charge in [-0.05, 0) is 66.9 Å². The van der Waals surface area contributed by atoms with Gasteiger partial charge in [-0.1, -0.05) is 47.5 Å². The molecule has 0 unspecified atom stereocenters. The third kappa shape index (κ3) is 7.51. The SMILES string of the molecule is CCCCOc1ccc(C(=O)N/C(=C\c2ccc(Br)cc2)C(=O)Nc2cc([N+](=O)[O-])ccc2C)cc1. The lowest BCUT2D eigenvalue weighted by Crippen LogP contribution is -2.31. The summed E-state index contributed by atoms with van der Waals surface area (Å²) in [6.45, 7) is 4.40. The fourth-order valence-electron chi connectivity index (χ4n) is 3.16. The molecule has 0 aliphatic rings. The number of carbonyl (C=O) groups excluding carboxylic acids is 2. The Morgan fingerprint density at radius 3 is 2.39 bits per heavy atom. The van der Waals surface area contributed by atoms with Crippen LogP contribution in [-0.2, 0) is 4.79 Å². The highest BCUT2D eigenvalue weighted by Crippen LogP contribution is 2.23. The van der Waals surface area contributed by atoms with Crippen molar-refractivity contribution >= 4 is 45.2 Å². The van der Waals surface area contributed by atoms with Crippen molar-refractivity contribution in [1.82, 2.24) is 5.32 Å². The van der Waals surface area contributed by atoms with E-state index in [1.54, 1.807) is 49.4 Å². The number of hydrogen-bond acceptors (Lipinski definition) is 5. The Balaban J connectivity index is 1.84. The van der Waals surface area contributed by atoms with Gasteiger partial charge in [-0.2, -0.15) is 0 Å². The smallest absolute Gasteiger partial charge is 0.272 e. The number of halogens is 1. The van der Waals surface area contributed by atoms with Crippen LogP contribution in [0.2, 0.25) is 0 Å². The quantitative estimate of drug-likeness (QED) is 0.134. The van der Waals surface area contributed by atoms with E-state index in [2.05, 4.69) is 33.5 Å². The summed E-state index contributed by atoms with van der Waals surface area (Å²) < 4.78 is 6.50. The number of nitro benzene ring substituents is 1. The number of anilines is 1. The Morgan fingerprint density at radius 1 is 1.06 bits per heavy atom. The number of ether oxygens (including phenoxy) is 1. The maximum Gasteiger partial charge on any atom is 0.272 e. The molecular weight excluding hydrogens is 526 g/mol. The molecule has 0 spiro atoms. The Labute approximate surface area is 217 Å². The molecule has 0 atom stereocenters. The summed E-state index contributed by atoms with van der Waals surface area (Å²) in [4.78, 5) is 36.8. The molecule has 0 bridgehead atoms. The highest BCUT2D eigenvalue weighted by Gasteiger charge is 2.17. The number of benzene rings is 3. The van der Waals surface area contributed by atoms with Crippen LogP contribution in [-0.4, -0.2) is 23.3 Å². The van der Waals surface area contributed by atoms with Crippen LogP contribution < -0.4 is 15.4 Å². The van der Waals surface area contributed by atoms with Crippen LogP contribution in [0.5, 0.6) is 5.75 Å². The number of hydrogen-bond donors (Lipinski definition) is 2. The number of unbranched alkanes of at least 4 members (excludes halogenated alkanes) is 1. The van der Waals surface area contributed by atoms with Gasteiger partial charge in [-0.15, -0.1) is 0 Å². The predicted molar refractivity (Wildman–Crippen MR) is 143 cm³/mol. The second kappa shape index (κ2) is 12.6. The summed E-state index contributed by atoms with van der Waals surface area (Å²) in [5.74, 6) is -0.441. The van der Waals surface area contributed by atoms with Crippen LogP contribution in [0.15, 0.2) is 76.9 Å². The number of aryl methyl sites for hydroxylation is 1. The fourth-order valence-corrected chi connectivity index (χ4v) is 3.43. The molecule has 3 aromatic carbocycles. The maximum atomic E-state index is 13.2.